The van der Waals surface area contributed by atoms with E-state index < -0.39 is 0 Å². The Morgan fingerprint density at radius 2 is 1.86 bits per heavy atom. The van der Waals surface area contributed by atoms with Gasteiger partial charge in [-0.1, -0.05) is 49.0 Å². The van der Waals surface area contributed by atoms with E-state index in [1.165, 1.54) is 16.3 Å². The summed E-state index contributed by atoms with van der Waals surface area (Å²) in [5.74, 6) is 0. The van der Waals surface area contributed by atoms with E-state index in [4.69, 9.17) is 0 Å². The minimum absolute atomic E-state index is 0.908. The Morgan fingerprint density at radius 3 is 2.71 bits per heavy atom. The smallest absolute Gasteiger partial charge is 0.00153 e. The Kier molecular flexibility index (Phi) is 2.48. The molecule has 2 aromatic carbocycles. The van der Waals surface area contributed by atoms with Crippen LogP contribution in [-0.2, 0) is 6.42 Å². The maximum atomic E-state index is 3.58. The van der Waals surface area contributed by atoms with Crippen molar-refractivity contribution in [1.82, 2.24) is 0 Å². The van der Waals surface area contributed by atoms with E-state index >= 15 is 0 Å². The number of rotatable bonds is 2. The molecule has 0 saturated carbocycles. The van der Waals surface area contributed by atoms with Gasteiger partial charge >= 0.3 is 0 Å². The zero-order chi connectivity index (χ0) is 9.80. The van der Waals surface area contributed by atoms with E-state index in [0.29, 0.717) is 0 Å². The maximum Gasteiger partial charge on any atom is -0.00153 e. The molecule has 0 N–H and O–H groups in total. The van der Waals surface area contributed by atoms with Gasteiger partial charge in [0.15, 0.2) is 0 Å². The fourth-order valence-electron chi connectivity index (χ4n) is 1.65. The summed E-state index contributed by atoms with van der Waals surface area (Å²) in [4.78, 5) is 0. The molecule has 0 nitrogen and oxygen atoms in total. The molecule has 2 rings (SSSR count). The highest BCUT2D eigenvalue weighted by Gasteiger charge is 1.96. The predicted molar refractivity (Wildman–Crippen MR) is 61.4 cm³/mol. The first-order chi connectivity index (χ1) is 6.92. The molecule has 0 aromatic heterocycles. The van der Waals surface area contributed by atoms with Crippen molar-refractivity contribution in [3.63, 3.8) is 0 Å². The normalized spacial score (nSPS) is 9.71. The van der Waals surface area contributed by atoms with Crippen LogP contribution in [0.2, 0.25) is 0 Å². The van der Waals surface area contributed by atoms with Crippen molar-refractivity contribution in [3.8, 4) is 0 Å². The number of fused-ring (bicyclic) bond motifs is 1. The van der Waals surface area contributed by atoms with Gasteiger partial charge in [-0.05, 0) is 28.8 Å². The summed E-state index contributed by atoms with van der Waals surface area (Å²) in [6, 6.07) is 14.8. The largest absolute Gasteiger partial charge is 0.133 e. The summed E-state index contributed by atoms with van der Waals surface area (Å²) in [5, 5.41) is 2.61. The summed E-state index contributed by atoms with van der Waals surface area (Å²) < 4.78 is 0. The van der Waals surface area contributed by atoms with E-state index in [-0.39, 0.29) is 0 Å². The lowest BCUT2D eigenvalue weighted by atomic mass is 10.0. The summed E-state index contributed by atoms with van der Waals surface area (Å²) in [7, 11) is 0. The van der Waals surface area contributed by atoms with Crippen LogP contribution in [0.25, 0.3) is 10.8 Å². The van der Waals surface area contributed by atoms with Gasteiger partial charge in [0, 0.05) is 0 Å². The summed E-state index contributed by atoms with van der Waals surface area (Å²) in [6.07, 6.45) is 2.87. The van der Waals surface area contributed by atoms with Crippen molar-refractivity contribution < 1.29 is 0 Å². The van der Waals surface area contributed by atoms with E-state index in [9.17, 15) is 0 Å². The number of benzene rings is 2. The molecule has 0 heterocycles. The van der Waals surface area contributed by atoms with Crippen LogP contribution >= 0.6 is 0 Å². The van der Waals surface area contributed by atoms with Crippen LogP contribution in [0.5, 0.6) is 0 Å². The molecule has 0 spiro atoms. The lowest BCUT2D eigenvalue weighted by Crippen LogP contribution is -1.82. The summed E-state index contributed by atoms with van der Waals surface area (Å²) in [6.45, 7) is 3.58. The van der Waals surface area contributed by atoms with E-state index in [1.807, 2.05) is 6.08 Å². The van der Waals surface area contributed by atoms with Crippen molar-refractivity contribution in [2.75, 3.05) is 0 Å². The molecule has 0 saturated heterocycles. The van der Waals surface area contributed by atoms with Crippen LogP contribution in [0.3, 0.4) is 0 Å². The Bertz CT molecular complexity index is 483. The average Bonchev–Trinajstić information content (AvgIpc) is 2.26. The molecule has 0 aliphatic rings. The molecule has 2 aromatic rings. The van der Waals surface area contributed by atoms with Gasteiger partial charge in [0.25, 0.3) is 0 Å². The zero-order valence-electron chi connectivity index (χ0n) is 8.03. The zero-order valence-corrected chi connectivity index (χ0v) is 8.03. The van der Waals surface area contributed by atoms with Crippen LogP contribution < -0.4 is 0 Å². The molecule has 0 fully saturated rings. The topological polar surface area (TPSA) is 0 Å². The lowest BCUT2D eigenvalue weighted by molar-refractivity contribution is 1.31. The van der Waals surface area contributed by atoms with Crippen molar-refractivity contribution in [3.05, 3.63) is 66.4 Å². The monoisotopic (exact) mass is 180 g/mol. The Hall–Kier alpha value is -1.78. The van der Waals surface area contributed by atoms with Gasteiger partial charge in [0.2, 0.25) is 0 Å². The molecule has 68 valence electrons. The SMILES string of the molecule is C=C=CCc1cccc2ccccc12. The number of hydrogen-bond donors (Lipinski definition) is 0. The van der Waals surface area contributed by atoms with Gasteiger partial charge < -0.3 is 0 Å². The minimum atomic E-state index is 0.908. The highest BCUT2D eigenvalue weighted by molar-refractivity contribution is 5.85. The fraction of sp³-hybridized carbons (Fsp3) is 0.0714. The van der Waals surface area contributed by atoms with Crippen molar-refractivity contribution >= 4 is 10.8 Å². The Morgan fingerprint density at radius 1 is 1.07 bits per heavy atom. The first kappa shape index (κ1) is 8.80. The molecule has 0 aliphatic heterocycles. The maximum absolute atomic E-state index is 3.58. The highest BCUT2D eigenvalue weighted by Crippen LogP contribution is 2.18. The van der Waals surface area contributed by atoms with Gasteiger partial charge in [0.05, 0.1) is 0 Å². The van der Waals surface area contributed by atoms with E-state index in [1.54, 1.807) is 0 Å². The highest BCUT2D eigenvalue weighted by atomic mass is 14.0. The van der Waals surface area contributed by atoms with Crippen LogP contribution in [0, 0.1) is 0 Å². The number of hydrogen-bond acceptors (Lipinski definition) is 0. The molecule has 0 bridgehead atoms. The molecule has 0 radical (unpaired) electrons. The standard InChI is InChI=1S/C14H12/c1-2-3-7-12-9-6-10-13-8-4-5-11-14(12)13/h3-6,8-11H,1,7H2. The second kappa shape index (κ2) is 3.95. The van der Waals surface area contributed by atoms with E-state index in [0.717, 1.165) is 6.42 Å². The quantitative estimate of drug-likeness (QED) is 0.618. The van der Waals surface area contributed by atoms with Gasteiger partial charge in [-0.25, -0.2) is 0 Å². The molecular weight excluding hydrogens is 168 g/mol. The third-order valence-electron chi connectivity index (χ3n) is 2.35. The van der Waals surface area contributed by atoms with Gasteiger partial charge in [-0.3, -0.25) is 0 Å². The summed E-state index contributed by atoms with van der Waals surface area (Å²) >= 11 is 0. The van der Waals surface area contributed by atoms with Gasteiger partial charge in [0.1, 0.15) is 0 Å². The summed E-state index contributed by atoms with van der Waals surface area (Å²) in [5.41, 5.74) is 4.14. The second-order valence-electron chi connectivity index (χ2n) is 3.25. The van der Waals surface area contributed by atoms with Crippen molar-refractivity contribution in [1.29, 1.82) is 0 Å². The third-order valence-corrected chi connectivity index (χ3v) is 2.35. The third kappa shape index (κ3) is 1.61. The molecule has 0 unspecified atom stereocenters. The Balaban J connectivity index is 2.58. The van der Waals surface area contributed by atoms with Crippen molar-refractivity contribution in [2.45, 2.75) is 6.42 Å². The van der Waals surface area contributed by atoms with Crippen molar-refractivity contribution in [2.24, 2.45) is 0 Å². The molecule has 0 atom stereocenters. The number of allylic oxidation sites excluding steroid dienone is 1. The molecule has 0 amide bonds. The molecule has 0 aliphatic carbocycles. The predicted octanol–water partition coefficient (Wildman–Crippen LogP) is 3.72. The minimum Gasteiger partial charge on any atom is -0.133 e. The first-order valence-corrected chi connectivity index (χ1v) is 4.73. The fourth-order valence-corrected chi connectivity index (χ4v) is 1.65. The lowest BCUT2D eigenvalue weighted by Gasteiger charge is -2.02. The Labute approximate surface area is 84.2 Å². The second-order valence-corrected chi connectivity index (χ2v) is 3.25. The van der Waals surface area contributed by atoms with Crippen LogP contribution in [0.4, 0.5) is 0 Å². The van der Waals surface area contributed by atoms with E-state index in [2.05, 4.69) is 54.8 Å². The average molecular weight is 180 g/mol. The van der Waals surface area contributed by atoms with Crippen LogP contribution in [0.15, 0.2) is 60.9 Å². The molecule has 0 heteroatoms. The molecular formula is C14H12. The van der Waals surface area contributed by atoms with Crippen LogP contribution in [0.1, 0.15) is 5.56 Å². The first-order valence-electron chi connectivity index (χ1n) is 4.73. The van der Waals surface area contributed by atoms with Gasteiger partial charge in [-0.2, -0.15) is 0 Å². The van der Waals surface area contributed by atoms with Gasteiger partial charge in [-0.15, -0.1) is 5.73 Å². The van der Waals surface area contributed by atoms with Crippen LogP contribution in [-0.4, -0.2) is 0 Å². The molecule has 14 heavy (non-hydrogen) atoms.